The van der Waals surface area contributed by atoms with Gasteiger partial charge in [-0.15, -0.1) is 11.3 Å². The Hall–Kier alpha value is -2.67. The number of hydrogen-bond acceptors (Lipinski definition) is 6. The number of nitrogens with zero attached hydrogens (tertiary/aromatic N) is 3. The Morgan fingerprint density at radius 3 is 2.79 bits per heavy atom. The van der Waals surface area contributed by atoms with E-state index in [9.17, 15) is 4.79 Å². The second-order valence-electron chi connectivity index (χ2n) is 7.14. The van der Waals surface area contributed by atoms with Gasteiger partial charge in [-0.1, -0.05) is 6.07 Å². The average molecular weight is 397 g/mol. The number of piperidine rings is 1. The quantitative estimate of drug-likeness (QED) is 0.717. The van der Waals surface area contributed by atoms with Crippen LogP contribution >= 0.6 is 11.3 Å². The van der Waals surface area contributed by atoms with E-state index in [1.54, 1.807) is 24.8 Å². The number of amides is 1. The summed E-state index contributed by atoms with van der Waals surface area (Å²) >= 11 is 1.71. The van der Waals surface area contributed by atoms with Crippen LogP contribution in [0.1, 0.15) is 23.3 Å². The van der Waals surface area contributed by atoms with Gasteiger partial charge in [0.25, 0.3) is 0 Å². The fourth-order valence-electron chi connectivity index (χ4n) is 3.70. The molecule has 0 unspecified atom stereocenters. The zero-order valence-electron chi connectivity index (χ0n) is 16.4. The Labute approximate surface area is 168 Å². The number of aryl methyl sites for hydroxylation is 2. The number of fused-ring (bicyclic) bond motifs is 1. The maximum Gasteiger partial charge on any atom is 0.227 e. The number of rotatable bonds is 4. The van der Waals surface area contributed by atoms with Crippen LogP contribution in [0, 0.1) is 19.8 Å². The second kappa shape index (κ2) is 7.75. The van der Waals surface area contributed by atoms with Gasteiger partial charge in [-0.05, 0) is 44.4 Å². The van der Waals surface area contributed by atoms with Crippen molar-refractivity contribution in [2.75, 3.05) is 30.4 Å². The summed E-state index contributed by atoms with van der Waals surface area (Å²) in [6.07, 6.45) is 3.27. The van der Waals surface area contributed by atoms with Crippen LogP contribution in [0.3, 0.4) is 0 Å². The lowest BCUT2D eigenvalue weighted by Gasteiger charge is -2.32. The third-order valence-electron chi connectivity index (χ3n) is 5.45. The first kappa shape index (κ1) is 18.7. The molecule has 146 valence electrons. The molecule has 0 spiro atoms. The summed E-state index contributed by atoms with van der Waals surface area (Å²) in [7, 11) is 1.62. The van der Waals surface area contributed by atoms with Crippen LogP contribution < -0.4 is 15.0 Å². The number of benzene rings is 1. The predicted octanol–water partition coefficient (Wildman–Crippen LogP) is 4.17. The molecule has 4 rings (SSSR count). The molecule has 0 bridgehead atoms. The van der Waals surface area contributed by atoms with Gasteiger partial charge in [0.15, 0.2) is 0 Å². The first-order chi connectivity index (χ1) is 13.6. The SMILES string of the molecule is COc1cccc(NC(=O)C2CCN(c3ncnc4sc(C)c(C)c34)CC2)c1. The Balaban J connectivity index is 1.44. The molecular formula is C21H24N4O2S. The van der Waals surface area contributed by atoms with Gasteiger partial charge in [-0.2, -0.15) is 0 Å². The minimum absolute atomic E-state index is 0.00471. The number of aromatic nitrogens is 2. The van der Waals surface area contributed by atoms with Crippen molar-refractivity contribution >= 4 is 39.0 Å². The highest BCUT2D eigenvalue weighted by atomic mass is 32.1. The molecule has 1 saturated heterocycles. The van der Waals surface area contributed by atoms with Crippen molar-refractivity contribution in [2.45, 2.75) is 26.7 Å². The van der Waals surface area contributed by atoms with Gasteiger partial charge in [0, 0.05) is 35.6 Å². The van der Waals surface area contributed by atoms with Crippen molar-refractivity contribution in [2.24, 2.45) is 5.92 Å². The van der Waals surface area contributed by atoms with Gasteiger partial charge in [0.05, 0.1) is 12.5 Å². The molecule has 0 radical (unpaired) electrons. The summed E-state index contributed by atoms with van der Waals surface area (Å²) in [6.45, 7) is 5.89. The van der Waals surface area contributed by atoms with E-state index in [0.717, 1.165) is 53.4 Å². The summed E-state index contributed by atoms with van der Waals surface area (Å²) in [5.41, 5.74) is 2.03. The van der Waals surface area contributed by atoms with Gasteiger partial charge in [0.2, 0.25) is 5.91 Å². The number of carbonyl (C=O) groups excluding carboxylic acids is 1. The molecular weight excluding hydrogens is 372 g/mol. The van der Waals surface area contributed by atoms with Crippen LogP contribution in [0.4, 0.5) is 11.5 Å². The first-order valence-electron chi connectivity index (χ1n) is 9.47. The number of ether oxygens (including phenoxy) is 1. The molecule has 3 aromatic rings. The van der Waals surface area contributed by atoms with Crippen molar-refractivity contribution in [1.29, 1.82) is 0 Å². The molecule has 6 nitrogen and oxygen atoms in total. The predicted molar refractivity (Wildman–Crippen MR) is 113 cm³/mol. The van der Waals surface area contributed by atoms with Crippen LogP contribution in [0.15, 0.2) is 30.6 Å². The number of anilines is 2. The molecule has 7 heteroatoms. The summed E-state index contributed by atoms with van der Waals surface area (Å²) in [4.78, 5) is 26.3. The fourth-order valence-corrected chi connectivity index (χ4v) is 4.69. The highest BCUT2D eigenvalue weighted by Crippen LogP contribution is 2.35. The maximum atomic E-state index is 12.7. The van der Waals surface area contributed by atoms with Crippen molar-refractivity contribution in [3.8, 4) is 5.75 Å². The zero-order valence-corrected chi connectivity index (χ0v) is 17.2. The fraction of sp³-hybridized carbons (Fsp3) is 0.381. The smallest absolute Gasteiger partial charge is 0.227 e. The summed E-state index contributed by atoms with van der Waals surface area (Å²) in [5.74, 6) is 1.81. The van der Waals surface area contributed by atoms with Crippen LogP contribution in [-0.2, 0) is 4.79 Å². The van der Waals surface area contributed by atoms with Crippen LogP contribution in [0.5, 0.6) is 5.75 Å². The first-order valence-corrected chi connectivity index (χ1v) is 10.3. The third-order valence-corrected chi connectivity index (χ3v) is 6.56. The largest absolute Gasteiger partial charge is 0.497 e. The molecule has 1 fully saturated rings. The monoisotopic (exact) mass is 396 g/mol. The van der Waals surface area contributed by atoms with Crippen molar-refractivity contribution in [3.63, 3.8) is 0 Å². The standard InChI is InChI=1S/C21H24N4O2S/c1-13-14(2)28-21-18(13)19(22-12-23-21)25-9-7-15(8-10-25)20(26)24-16-5-4-6-17(11-16)27-3/h4-6,11-12,15H,7-10H2,1-3H3,(H,24,26). The zero-order chi connectivity index (χ0) is 19.7. The van der Waals surface area contributed by atoms with Crippen LogP contribution in [0.25, 0.3) is 10.2 Å². The van der Waals surface area contributed by atoms with Gasteiger partial charge in [0.1, 0.15) is 22.7 Å². The lowest BCUT2D eigenvalue weighted by molar-refractivity contribution is -0.120. The van der Waals surface area contributed by atoms with E-state index in [1.165, 1.54) is 10.4 Å². The second-order valence-corrected chi connectivity index (χ2v) is 8.35. The van der Waals surface area contributed by atoms with Gasteiger partial charge >= 0.3 is 0 Å². The van der Waals surface area contributed by atoms with E-state index in [2.05, 4.69) is 34.0 Å². The molecule has 1 aliphatic rings. The van der Waals surface area contributed by atoms with Crippen molar-refractivity contribution < 1.29 is 9.53 Å². The van der Waals surface area contributed by atoms with Crippen LogP contribution in [-0.4, -0.2) is 36.1 Å². The normalized spacial score (nSPS) is 15.0. The lowest BCUT2D eigenvalue weighted by atomic mass is 9.95. The Kier molecular flexibility index (Phi) is 5.17. The van der Waals surface area contributed by atoms with E-state index in [4.69, 9.17) is 4.74 Å². The number of carbonyl (C=O) groups is 1. The molecule has 28 heavy (non-hydrogen) atoms. The molecule has 1 aromatic carbocycles. The molecule has 3 heterocycles. The van der Waals surface area contributed by atoms with E-state index in [1.807, 2.05) is 24.3 Å². The number of nitrogens with one attached hydrogen (secondary N) is 1. The average Bonchev–Trinajstić information content (AvgIpc) is 3.02. The van der Waals surface area contributed by atoms with E-state index in [0.29, 0.717) is 0 Å². The minimum atomic E-state index is 0.00471. The summed E-state index contributed by atoms with van der Waals surface area (Å²) in [5, 5.41) is 4.18. The molecule has 0 atom stereocenters. The molecule has 0 aliphatic carbocycles. The highest BCUT2D eigenvalue weighted by molar-refractivity contribution is 7.18. The molecule has 0 saturated carbocycles. The Bertz CT molecular complexity index is 1010. The van der Waals surface area contributed by atoms with E-state index < -0.39 is 0 Å². The molecule has 1 amide bonds. The minimum Gasteiger partial charge on any atom is -0.497 e. The van der Waals surface area contributed by atoms with Gasteiger partial charge in [-0.25, -0.2) is 9.97 Å². The van der Waals surface area contributed by atoms with E-state index >= 15 is 0 Å². The highest BCUT2D eigenvalue weighted by Gasteiger charge is 2.27. The van der Waals surface area contributed by atoms with Gasteiger partial charge in [-0.3, -0.25) is 4.79 Å². The lowest BCUT2D eigenvalue weighted by Crippen LogP contribution is -2.38. The number of hydrogen-bond donors (Lipinski definition) is 1. The number of thiophene rings is 1. The summed E-state index contributed by atoms with van der Waals surface area (Å²) < 4.78 is 5.22. The maximum absolute atomic E-state index is 12.7. The van der Waals surface area contributed by atoms with Crippen molar-refractivity contribution in [1.82, 2.24) is 9.97 Å². The number of methoxy groups -OCH3 is 1. The van der Waals surface area contributed by atoms with Gasteiger partial charge < -0.3 is 15.0 Å². The molecule has 1 aliphatic heterocycles. The van der Waals surface area contributed by atoms with Crippen LogP contribution in [0.2, 0.25) is 0 Å². The van der Waals surface area contributed by atoms with E-state index in [-0.39, 0.29) is 11.8 Å². The topological polar surface area (TPSA) is 67.3 Å². The third kappa shape index (κ3) is 3.54. The summed E-state index contributed by atoms with van der Waals surface area (Å²) in [6, 6.07) is 7.47. The Morgan fingerprint density at radius 2 is 2.04 bits per heavy atom. The van der Waals surface area contributed by atoms with Crippen molar-refractivity contribution in [3.05, 3.63) is 41.0 Å². The molecule has 1 N–H and O–H groups in total. The molecule has 2 aromatic heterocycles. The Morgan fingerprint density at radius 1 is 1.25 bits per heavy atom.